The summed E-state index contributed by atoms with van der Waals surface area (Å²) < 4.78 is 0. The lowest BCUT2D eigenvalue weighted by atomic mass is 9.94. The molecule has 6 nitrogen and oxygen atoms in total. The molecule has 2 aliphatic heterocycles. The first kappa shape index (κ1) is 18.4. The number of rotatable bonds is 4. The molecule has 0 bridgehead atoms. The number of carbonyl (C=O) groups excluding carboxylic acids is 3. The minimum atomic E-state index is -0.459. The standard InChI is InChI=1S/C20H27N3O3/c1-2-14-5-7-15(8-6-14)19(25)22-12-9-16(10-13-22)20(26)23-11-3-4-17(23)18(21)24/h5-8,16-17H,2-4,9-13H2,1H3,(H2,21,24). The van der Waals surface area contributed by atoms with E-state index in [4.69, 9.17) is 5.73 Å². The molecule has 3 rings (SSSR count). The maximum absolute atomic E-state index is 12.7. The highest BCUT2D eigenvalue weighted by atomic mass is 16.2. The summed E-state index contributed by atoms with van der Waals surface area (Å²) in [6.07, 6.45) is 3.71. The van der Waals surface area contributed by atoms with Crippen LogP contribution in [0.15, 0.2) is 24.3 Å². The topological polar surface area (TPSA) is 83.7 Å². The molecule has 1 aromatic rings. The van der Waals surface area contributed by atoms with Gasteiger partial charge < -0.3 is 15.5 Å². The minimum Gasteiger partial charge on any atom is -0.368 e. The molecule has 0 spiro atoms. The molecule has 2 fully saturated rings. The molecule has 2 heterocycles. The number of piperidine rings is 1. The van der Waals surface area contributed by atoms with Crippen molar-refractivity contribution in [2.24, 2.45) is 11.7 Å². The summed E-state index contributed by atoms with van der Waals surface area (Å²) in [5, 5.41) is 0. The summed E-state index contributed by atoms with van der Waals surface area (Å²) in [5.41, 5.74) is 7.32. The van der Waals surface area contributed by atoms with Crippen LogP contribution in [0, 0.1) is 5.92 Å². The maximum Gasteiger partial charge on any atom is 0.253 e. The van der Waals surface area contributed by atoms with Crippen LogP contribution in [0.5, 0.6) is 0 Å². The van der Waals surface area contributed by atoms with E-state index in [-0.39, 0.29) is 17.7 Å². The van der Waals surface area contributed by atoms with Crippen molar-refractivity contribution < 1.29 is 14.4 Å². The van der Waals surface area contributed by atoms with E-state index in [1.165, 1.54) is 5.56 Å². The normalized spacial score (nSPS) is 21.0. The molecule has 140 valence electrons. The SMILES string of the molecule is CCc1ccc(C(=O)N2CCC(C(=O)N3CCCC3C(N)=O)CC2)cc1. The van der Waals surface area contributed by atoms with Crippen LogP contribution in [-0.2, 0) is 16.0 Å². The van der Waals surface area contributed by atoms with Crippen LogP contribution in [-0.4, -0.2) is 53.2 Å². The summed E-state index contributed by atoms with van der Waals surface area (Å²) in [4.78, 5) is 40.4. The molecule has 26 heavy (non-hydrogen) atoms. The maximum atomic E-state index is 12.7. The van der Waals surface area contributed by atoms with E-state index in [0.29, 0.717) is 44.5 Å². The molecule has 0 radical (unpaired) electrons. The summed E-state index contributed by atoms with van der Waals surface area (Å²) in [5.74, 6) is -0.499. The fraction of sp³-hybridized carbons (Fsp3) is 0.550. The first-order valence-electron chi connectivity index (χ1n) is 9.49. The van der Waals surface area contributed by atoms with Gasteiger partial charge in [0, 0.05) is 31.1 Å². The van der Waals surface area contributed by atoms with E-state index in [2.05, 4.69) is 6.92 Å². The molecule has 3 amide bonds. The molecular formula is C20H27N3O3. The van der Waals surface area contributed by atoms with Gasteiger partial charge in [-0.05, 0) is 49.8 Å². The average molecular weight is 357 g/mol. The molecule has 0 saturated carbocycles. The van der Waals surface area contributed by atoms with Gasteiger partial charge in [-0.15, -0.1) is 0 Å². The Morgan fingerprint density at radius 1 is 1.04 bits per heavy atom. The lowest BCUT2D eigenvalue weighted by Gasteiger charge is -2.34. The molecular weight excluding hydrogens is 330 g/mol. The van der Waals surface area contributed by atoms with E-state index in [1.54, 1.807) is 4.90 Å². The Bertz CT molecular complexity index is 678. The van der Waals surface area contributed by atoms with Crippen molar-refractivity contribution in [2.45, 2.75) is 45.1 Å². The quantitative estimate of drug-likeness (QED) is 0.888. The van der Waals surface area contributed by atoms with Crippen LogP contribution in [0.25, 0.3) is 0 Å². The van der Waals surface area contributed by atoms with Crippen molar-refractivity contribution in [1.29, 1.82) is 0 Å². The number of hydrogen-bond donors (Lipinski definition) is 1. The number of benzene rings is 1. The summed E-state index contributed by atoms with van der Waals surface area (Å²) in [6.45, 7) is 3.83. The second-order valence-corrected chi connectivity index (χ2v) is 7.21. The number of carbonyl (C=O) groups is 3. The first-order valence-corrected chi connectivity index (χ1v) is 9.49. The summed E-state index contributed by atoms with van der Waals surface area (Å²) in [7, 11) is 0. The highest BCUT2D eigenvalue weighted by Crippen LogP contribution is 2.26. The van der Waals surface area contributed by atoms with Crippen LogP contribution in [0.4, 0.5) is 0 Å². The van der Waals surface area contributed by atoms with E-state index < -0.39 is 11.9 Å². The number of nitrogens with two attached hydrogens (primary N) is 1. The Hall–Kier alpha value is -2.37. The van der Waals surface area contributed by atoms with Gasteiger partial charge in [0.2, 0.25) is 11.8 Å². The highest BCUT2D eigenvalue weighted by Gasteiger charge is 2.37. The van der Waals surface area contributed by atoms with Crippen molar-refractivity contribution in [3.05, 3.63) is 35.4 Å². The lowest BCUT2D eigenvalue weighted by Crippen LogP contribution is -2.49. The molecule has 6 heteroatoms. The number of aryl methyl sites for hydroxylation is 1. The lowest BCUT2D eigenvalue weighted by molar-refractivity contribution is -0.141. The Balaban J connectivity index is 1.57. The van der Waals surface area contributed by atoms with E-state index >= 15 is 0 Å². The zero-order valence-corrected chi connectivity index (χ0v) is 15.3. The smallest absolute Gasteiger partial charge is 0.253 e. The molecule has 0 aliphatic carbocycles. The van der Waals surface area contributed by atoms with Gasteiger partial charge in [-0.1, -0.05) is 19.1 Å². The van der Waals surface area contributed by atoms with E-state index in [9.17, 15) is 14.4 Å². The van der Waals surface area contributed by atoms with Crippen LogP contribution in [0.3, 0.4) is 0 Å². The zero-order valence-electron chi connectivity index (χ0n) is 15.3. The molecule has 1 atom stereocenters. The van der Waals surface area contributed by atoms with Gasteiger partial charge in [-0.25, -0.2) is 0 Å². The zero-order chi connectivity index (χ0) is 18.7. The van der Waals surface area contributed by atoms with Gasteiger partial charge in [0.15, 0.2) is 0 Å². The Kier molecular flexibility index (Phi) is 5.59. The van der Waals surface area contributed by atoms with Gasteiger partial charge >= 0.3 is 0 Å². The van der Waals surface area contributed by atoms with Gasteiger partial charge in [-0.2, -0.15) is 0 Å². The monoisotopic (exact) mass is 357 g/mol. The molecule has 0 aromatic heterocycles. The number of nitrogens with zero attached hydrogens (tertiary/aromatic N) is 2. The summed E-state index contributed by atoms with van der Waals surface area (Å²) >= 11 is 0. The Labute approximate surface area is 154 Å². The van der Waals surface area contributed by atoms with Crippen molar-refractivity contribution in [3.63, 3.8) is 0 Å². The predicted molar refractivity (Wildman–Crippen MR) is 98.4 cm³/mol. The van der Waals surface area contributed by atoms with Gasteiger partial charge in [0.05, 0.1) is 0 Å². The average Bonchev–Trinajstić information content (AvgIpc) is 3.17. The molecule has 1 aromatic carbocycles. The predicted octanol–water partition coefficient (Wildman–Crippen LogP) is 1.58. The summed E-state index contributed by atoms with van der Waals surface area (Å²) in [6, 6.07) is 7.27. The van der Waals surface area contributed by atoms with Crippen LogP contribution < -0.4 is 5.73 Å². The minimum absolute atomic E-state index is 0.0192. The second-order valence-electron chi connectivity index (χ2n) is 7.21. The third-order valence-electron chi connectivity index (χ3n) is 5.60. The number of likely N-dealkylation sites (tertiary alicyclic amines) is 2. The number of primary amides is 1. The third-order valence-corrected chi connectivity index (χ3v) is 5.60. The number of amides is 3. The van der Waals surface area contributed by atoms with Crippen LogP contribution in [0.2, 0.25) is 0 Å². The van der Waals surface area contributed by atoms with Gasteiger partial charge in [0.1, 0.15) is 6.04 Å². The second kappa shape index (κ2) is 7.89. The molecule has 2 N–H and O–H groups in total. The van der Waals surface area contributed by atoms with E-state index in [1.807, 2.05) is 29.2 Å². The van der Waals surface area contributed by atoms with E-state index in [0.717, 1.165) is 12.8 Å². The van der Waals surface area contributed by atoms with Crippen LogP contribution in [0.1, 0.15) is 48.5 Å². The third kappa shape index (κ3) is 3.74. The van der Waals surface area contributed by atoms with Crippen molar-refractivity contribution >= 4 is 17.7 Å². The van der Waals surface area contributed by atoms with Crippen molar-refractivity contribution in [2.75, 3.05) is 19.6 Å². The van der Waals surface area contributed by atoms with Gasteiger partial charge in [-0.3, -0.25) is 14.4 Å². The first-order chi connectivity index (χ1) is 12.5. The van der Waals surface area contributed by atoms with Crippen molar-refractivity contribution in [1.82, 2.24) is 9.80 Å². The van der Waals surface area contributed by atoms with Gasteiger partial charge in [0.25, 0.3) is 5.91 Å². The Morgan fingerprint density at radius 3 is 2.27 bits per heavy atom. The number of hydrogen-bond acceptors (Lipinski definition) is 3. The fourth-order valence-corrected chi connectivity index (χ4v) is 3.96. The van der Waals surface area contributed by atoms with Crippen LogP contribution >= 0.6 is 0 Å². The molecule has 2 saturated heterocycles. The fourth-order valence-electron chi connectivity index (χ4n) is 3.96. The largest absolute Gasteiger partial charge is 0.368 e. The molecule has 1 unspecified atom stereocenters. The van der Waals surface area contributed by atoms with Crippen molar-refractivity contribution in [3.8, 4) is 0 Å². The Morgan fingerprint density at radius 2 is 1.69 bits per heavy atom. The highest BCUT2D eigenvalue weighted by molar-refractivity contribution is 5.94. The molecule has 2 aliphatic rings.